The minimum absolute atomic E-state index is 0.259. The molecule has 0 spiro atoms. The summed E-state index contributed by atoms with van der Waals surface area (Å²) in [6.07, 6.45) is 0.611. The van der Waals surface area contributed by atoms with Crippen LogP contribution in [-0.4, -0.2) is 36.4 Å². The second-order valence-corrected chi connectivity index (χ2v) is 7.76. The van der Waals surface area contributed by atoms with E-state index in [1.807, 2.05) is 104 Å². The molecule has 0 saturated carbocycles. The van der Waals surface area contributed by atoms with Gasteiger partial charge in [-0.1, -0.05) is 60.7 Å². The lowest BCUT2D eigenvalue weighted by molar-refractivity contribution is -0.136. The fraction of sp³-hybridized carbons (Fsp3) is 0.214. The van der Waals surface area contributed by atoms with Gasteiger partial charge in [-0.05, 0) is 55.7 Å². The lowest BCUT2D eigenvalue weighted by atomic mass is 10.0. The standard InChI is InChI=1S/C28H28N2O3/c1-3-29(23-13-9-6-10-14-23)26-25(22-15-17-24(18-16-22)33-4-2)27(31)30(28(26)32)20-19-21-11-7-5-8-12-21/h5-18H,3-4,19-20H2,1-2H3. The minimum atomic E-state index is -0.260. The Morgan fingerprint density at radius 2 is 1.42 bits per heavy atom. The molecule has 0 bridgehead atoms. The van der Waals surface area contributed by atoms with Gasteiger partial charge >= 0.3 is 0 Å². The first kappa shape index (κ1) is 22.3. The number of para-hydroxylation sites is 1. The van der Waals surface area contributed by atoms with Gasteiger partial charge in [-0.15, -0.1) is 0 Å². The van der Waals surface area contributed by atoms with E-state index >= 15 is 0 Å². The van der Waals surface area contributed by atoms with Crippen LogP contribution in [0.2, 0.25) is 0 Å². The highest BCUT2D eigenvalue weighted by molar-refractivity contribution is 6.36. The van der Waals surface area contributed by atoms with E-state index < -0.39 is 0 Å². The molecule has 0 aromatic heterocycles. The second kappa shape index (κ2) is 10.2. The lowest BCUT2D eigenvalue weighted by Gasteiger charge is -2.25. The highest BCUT2D eigenvalue weighted by Crippen LogP contribution is 2.34. The maximum atomic E-state index is 13.6. The van der Waals surface area contributed by atoms with Gasteiger partial charge in [0.05, 0.1) is 12.2 Å². The van der Waals surface area contributed by atoms with Crippen LogP contribution in [0.25, 0.3) is 5.57 Å². The maximum absolute atomic E-state index is 13.6. The number of hydrogen-bond donors (Lipinski definition) is 0. The first-order valence-electron chi connectivity index (χ1n) is 11.3. The number of nitrogens with zero attached hydrogens (tertiary/aromatic N) is 2. The number of anilines is 1. The van der Waals surface area contributed by atoms with E-state index in [0.29, 0.717) is 43.0 Å². The largest absolute Gasteiger partial charge is 0.494 e. The van der Waals surface area contributed by atoms with Gasteiger partial charge in [0.1, 0.15) is 11.4 Å². The number of imide groups is 1. The Bertz CT molecular complexity index is 1140. The summed E-state index contributed by atoms with van der Waals surface area (Å²) in [6.45, 7) is 5.37. The van der Waals surface area contributed by atoms with Crippen molar-refractivity contribution in [2.45, 2.75) is 20.3 Å². The van der Waals surface area contributed by atoms with Crippen molar-refractivity contribution in [3.8, 4) is 5.75 Å². The molecule has 168 valence electrons. The molecule has 1 aliphatic heterocycles. The average Bonchev–Trinajstić information content (AvgIpc) is 3.10. The summed E-state index contributed by atoms with van der Waals surface area (Å²) in [5, 5.41) is 0. The molecule has 0 radical (unpaired) electrons. The fourth-order valence-corrected chi connectivity index (χ4v) is 4.12. The van der Waals surface area contributed by atoms with Crippen LogP contribution in [0, 0.1) is 0 Å². The van der Waals surface area contributed by atoms with Crippen molar-refractivity contribution in [1.82, 2.24) is 4.90 Å². The van der Waals surface area contributed by atoms with Gasteiger partial charge in [-0.25, -0.2) is 0 Å². The molecule has 0 saturated heterocycles. The van der Waals surface area contributed by atoms with Crippen LogP contribution < -0.4 is 9.64 Å². The third-order valence-corrected chi connectivity index (χ3v) is 5.72. The smallest absolute Gasteiger partial charge is 0.278 e. The normalized spacial score (nSPS) is 13.6. The van der Waals surface area contributed by atoms with Crippen molar-refractivity contribution in [2.24, 2.45) is 0 Å². The van der Waals surface area contributed by atoms with Crippen molar-refractivity contribution in [3.63, 3.8) is 0 Å². The van der Waals surface area contributed by atoms with Crippen LogP contribution in [0.15, 0.2) is 90.6 Å². The Kier molecular flexibility index (Phi) is 6.89. The van der Waals surface area contributed by atoms with Gasteiger partial charge in [0, 0.05) is 18.8 Å². The number of rotatable bonds is 9. The number of ether oxygens (including phenoxy) is 1. The summed E-state index contributed by atoms with van der Waals surface area (Å²) in [7, 11) is 0. The quantitative estimate of drug-likeness (QED) is 0.443. The van der Waals surface area contributed by atoms with E-state index in [1.165, 1.54) is 4.90 Å². The zero-order valence-corrected chi connectivity index (χ0v) is 19.0. The van der Waals surface area contributed by atoms with Gasteiger partial charge in [0.15, 0.2) is 0 Å². The highest BCUT2D eigenvalue weighted by atomic mass is 16.5. The summed E-state index contributed by atoms with van der Waals surface area (Å²) in [5.41, 5.74) is 3.53. The van der Waals surface area contributed by atoms with Crippen LogP contribution in [-0.2, 0) is 16.0 Å². The monoisotopic (exact) mass is 440 g/mol. The molecular weight excluding hydrogens is 412 g/mol. The first-order chi connectivity index (χ1) is 16.1. The van der Waals surface area contributed by atoms with E-state index in [2.05, 4.69) is 0 Å². The first-order valence-corrected chi connectivity index (χ1v) is 11.3. The summed E-state index contributed by atoms with van der Waals surface area (Å²) in [4.78, 5) is 30.5. The molecule has 0 fully saturated rings. The van der Waals surface area contributed by atoms with Crippen molar-refractivity contribution < 1.29 is 14.3 Å². The molecule has 0 aliphatic carbocycles. The Hall–Kier alpha value is -3.86. The molecule has 4 rings (SSSR count). The molecule has 1 aliphatic rings. The predicted octanol–water partition coefficient (Wildman–Crippen LogP) is 4.93. The molecule has 5 heteroatoms. The molecule has 33 heavy (non-hydrogen) atoms. The number of benzene rings is 3. The Labute approximate surface area is 194 Å². The summed E-state index contributed by atoms with van der Waals surface area (Å²) in [6, 6.07) is 27.0. The average molecular weight is 441 g/mol. The molecule has 3 aromatic rings. The van der Waals surface area contributed by atoms with Crippen LogP contribution >= 0.6 is 0 Å². The fourth-order valence-electron chi connectivity index (χ4n) is 4.12. The van der Waals surface area contributed by atoms with Crippen LogP contribution in [0.5, 0.6) is 5.75 Å². The zero-order valence-electron chi connectivity index (χ0n) is 19.0. The Morgan fingerprint density at radius 3 is 2.03 bits per heavy atom. The van der Waals surface area contributed by atoms with Gasteiger partial charge in [0.25, 0.3) is 11.8 Å². The molecule has 0 N–H and O–H groups in total. The van der Waals surface area contributed by atoms with Crippen molar-refractivity contribution in [3.05, 3.63) is 102 Å². The van der Waals surface area contributed by atoms with Crippen molar-refractivity contribution in [1.29, 1.82) is 0 Å². The van der Waals surface area contributed by atoms with E-state index in [0.717, 1.165) is 17.0 Å². The molecule has 0 unspecified atom stereocenters. The number of likely N-dealkylation sites (N-methyl/N-ethyl adjacent to an activating group) is 1. The van der Waals surface area contributed by atoms with E-state index in [4.69, 9.17) is 4.74 Å². The summed E-state index contributed by atoms with van der Waals surface area (Å²) >= 11 is 0. The van der Waals surface area contributed by atoms with E-state index in [-0.39, 0.29) is 11.8 Å². The van der Waals surface area contributed by atoms with Crippen LogP contribution in [0.4, 0.5) is 5.69 Å². The third kappa shape index (κ3) is 4.67. The molecule has 3 aromatic carbocycles. The summed E-state index contributed by atoms with van der Waals surface area (Å²) < 4.78 is 5.56. The Balaban J connectivity index is 1.73. The van der Waals surface area contributed by atoms with Crippen molar-refractivity contribution in [2.75, 3.05) is 24.6 Å². The highest BCUT2D eigenvalue weighted by Gasteiger charge is 2.41. The SMILES string of the molecule is CCOc1ccc(C2=C(N(CC)c3ccccc3)C(=O)N(CCc3ccccc3)C2=O)cc1. The van der Waals surface area contributed by atoms with Crippen LogP contribution in [0.3, 0.4) is 0 Å². The number of hydrogen-bond acceptors (Lipinski definition) is 4. The summed E-state index contributed by atoms with van der Waals surface area (Å²) in [5.74, 6) is 0.214. The maximum Gasteiger partial charge on any atom is 0.278 e. The molecular formula is C28H28N2O3. The number of carbonyl (C=O) groups excluding carboxylic acids is 2. The van der Waals surface area contributed by atoms with Gasteiger partial charge in [-0.2, -0.15) is 0 Å². The second-order valence-electron chi connectivity index (χ2n) is 7.76. The van der Waals surface area contributed by atoms with Gasteiger partial charge < -0.3 is 9.64 Å². The van der Waals surface area contributed by atoms with Crippen LogP contribution in [0.1, 0.15) is 25.0 Å². The van der Waals surface area contributed by atoms with E-state index in [1.54, 1.807) is 0 Å². The predicted molar refractivity (Wildman–Crippen MR) is 131 cm³/mol. The molecule has 2 amide bonds. The van der Waals surface area contributed by atoms with Gasteiger partial charge in [-0.3, -0.25) is 14.5 Å². The topological polar surface area (TPSA) is 49.9 Å². The van der Waals surface area contributed by atoms with E-state index in [9.17, 15) is 9.59 Å². The molecule has 1 heterocycles. The van der Waals surface area contributed by atoms with Crippen molar-refractivity contribution >= 4 is 23.1 Å². The Morgan fingerprint density at radius 1 is 0.788 bits per heavy atom. The number of amides is 2. The lowest BCUT2D eigenvalue weighted by Crippen LogP contribution is -2.36. The third-order valence-electron chi connectivity index (χ3n) is 5.72. The van der Waals surface area contributed by atoms with Gasteiger partial charge in [0.2, 0.25) is 0 Å². The minimum Gasteiger partial charge on any atom is -0.494 e. The zero-order chi connectivity index (χ0) is 23.2. The molecule has 0 atom stereocenters. The number of carbonyl (C=O) groups is 2. The molecule has 5 nitrogen and oxygen atoms in total.